The van der Waals surface area contributed by atoms with Gasteiger partial charge in [0.15, 0.2) is 0 Å². The number of pyridine rings is 1. The third kappa shape index (κ3) is 3.39. The number of hydrogen-bond donors (Lipinski definition) is 1. The number of hydrogen-bond acceptors (Lipinski definition) is 2. The first kappa shape index (κ1) is 25.8. The van der Waals surface area contributed by atoms with E-state index in [0.29, 0.717) is 0 Å². The van der Waals surface area contributed by atoms with Crippen LogP contribution in [0.25, 0.3) is 60.8 Å². The Labute approximate surface area is 252 Å². The molecule has 1 N–H and O–H groups in total. The summed E-state index contributed by atoms with van der Waals surface area (Å²) in [6.45, 7) is 11.7. The van der Waals surface area contributed by atoms with Crippen LogP contribution in [0.2, 0.25) is 0 Å². The van der Waals surface area contributed by atoms with Gasteiger partial charge in [0, 0.05) is 27.2 Å². The monoisotopic (exact) mass is 558 g/mol. The zero-order valence-electron chi connectivity index (χ0n) is 25.2. The van der Waals surface area contributed by atoms with Gasteiger partial charge in [-0.1, -0.05) is 119 Å². The van der Waals surface area contributed by atoms with Crippen molar-refractivity contribution in [2.75, 3.05) is 0 Å². The molecule has 0 spiro atoms. The molecule has 3 heteroatoms. The topological polar surface area (TPSA) is 37.5 Å². The van der Waals surface area contributed by atoms with Gasteiger partial charge in [0.05, 0.1) is 16.9 Å². The lowest BCUT2D eigenvalue weighted by Crippen LogP contribution is -2.44. The average Bonchev–Trinajstić information content (AvgIpc) is 3.43. The maximum atomic E-state index is 10.7. The van der Waals surface area contributed by atoms with E-state index in [-0.39, 0.29) is 16.6 Å². The van der Waals surface area contributed by atoms with Crippen molar-refractivity contribution in [1.82, 2.24) is 9.38 Å². The Hall–Kier alpha value is -4.89. The van der Waals surface area contributed by atoms with Crippen molar-refractivity contribution >= 4 is 27.3 Å². The quantitative estimate of drug-likeness (QED) is 0.219. The van der Waals surface area contributed by atoms with E-state index in [4.69, 9.17) is 4.98 Å². The first-order chi connectivity index (χ1) is 20.7. The van der Waals surface area contributed by atoms with Gasteiger partial charge >= 0.3 is 0 Å². The minimum Gasteiger partial charge on any atom is -0.508 e. The number of fused-ring (bicyclic) bond motifs is 3. The highest BCUT2D eigenvalue weighted by Gasteiger charge is 2.48. The molecule has 0 saturated carbocycles. The van der Waals surface area contributed by atoms with E-state index >= 15 is 0 Å². The molecule has 0 bridgehead atoms. The first-order valence-corrected chi connectivity index (χ1v) is 15.1. The zero-order chi connectivity index (χ0) is 29.7. The fourth-order valence-electron chi connectivity index (χ4n) is 7.43. The molecule has 210 valence electrons. The van der Waals surface area contributed by atoms with Crippen LogP contribution in [0, 0.1) is 6.92 Å². The number of phenols is 1. The average molecular weight is 559 g/mol. The highest BCUT2D eigenvalue weighted by molar-refractivity contribution is 6.15. The molecule has 8 rings (SSSR count). The maximum absolute atomic E-state index is 10.7. The molecule has 0 radical (unpaired) electrons. The van der Waals surface area contributed by atoms with Gasteiger partial charge in [0.1, 0.15) is 11.4 Å². The van der Waals surface area contributed by atoms with Crippen LogP contribution in [0.15, 0.2) is 109 Å². The zero-order valence-corrected chi connectivity index (χ0v) is 25.2. The second-order valence-corrected chi connectivity index (χ2v) is 13.1. The van der Waals surface area contributed by atoms with Crippen LogP contribution in [-0.4, -0.2) is 14.5 Å². The van der Waals surface area contributed by atoms with Gasteiger partial charge in [0.2, 0.25) is 0 Å². The van der Waals surface area contributed by atoms with Crippen molar-refractivity contribution in [3.05, 3.63) is 126 Å². The second-order valence-electron chi connectivity index (χ2n) is 13.1. The van der Waals surface area contributed by atoms with E-state index in [2.05, 4.69) is 136 Å². The van der Waals surface area contributed by atoms with Gasteiger partial charge in [-0.3, -0.25) is 4.40 Å². The Morgan fingerprint density at radius 2 is 1.28 bits per heavy atom. The van der Waals surface area contributed by atoms with Gasteiger partial charge < -0.3 is 5.11 Å². The van der Waals surface area contributed by atoms with Gasteiger partial charge in [-0.25, -0.2) is 4.98 Å². The Kier molecular flexibility index (Phi) is 5.28. The Bertz CT molecular complexity index is 2180. The summed E-state index contributed by atoms with van der Waals surface area (Å²) in [5.74, 6) is 0.250. The summed E-state index contributed by atoms with van der Waals surface area (Å²) in [6.07, 6.45) is 0. The normalized spacial score (nSPS) is 15.1. The molecule has 0 unspecified atom stereocenters. The minimum atomic E-state index is -0.279. The van der Waals surface area contributed by atoms with Crippen LogP contribution in [0.3, 0.4) is 0 Å². The van der Waals surface area contributed by atoms with Crippen molar-refractivity contribution in [2.24, 2.45) is 0 Å². The molecular formula is C40H34N2O. The molecule has 1 aliphatic heterocycles. The number of phenolic OH excluding ortho intramolecular Hbond substituents is 1. The molecular weight excluding hydrogens is 524 g/mol. The molecule has 3 heterocycles. The lowest BCUT2D eigenvalue weighted by Gasteiger charge is -2.46. The van der Waals surface area contributed by atoms with Crippen molar-refractivity contribution < 1.29 is 5.11 Å². The third-order valence-corrected chi connectivity index (χ3v) is 10.3. The standard InChI is InChI=1S/C40H34N2O/c1-24-19-22-32-36-33(24)30-21-20-27(43)23-31(30)38-41-35(37(42(36)38)40(4,5)39(32,2)3)34-28(25-13-8-6-9-14-25)17-12-18-29(34)26-15-10-7-11-16-26/h6-23,43H,1-5H3. The molecule has 2 aromatic heterocycles. The van der Waals surface area contributed by atoms with Crippen LogP contribution in [0.1, 0.15) is 44.5 Å². The summed E-state index contributed by atoms with van der Waals surface area (Å²) in [7, 11) is 0. The molecule has 0 aliphatic carbocycles. The summed E-state index contributed by atoms with van der Waals surface area (Å²) < 4.78 is 2.43. The lowest BCUT2D eigenvalue weighted by atomic mass is 9.60. The predicted molar refractivity (Wildman–Crippen MR) is 179 cm³/mol. The highest BCUT2D eigenvalue weighted by atomic mass is 16.3. The minimum absolute atomic E-state index is 0.185. The Morgan fingerprint density at radius 1 is 0.651 bits per heavy atom. The van der Waals surface area contributed by atoms with Crippen LogP contribution in [0.4, 0.5) is 0 Å². The van der Waals surface area contributed by atoms with E-state index in [1.807, 2.05) is 6.07 Å². The van der Waals surface area contributed by atoms with Crippen molar-refractivity contribution in [2.45, 2.75) is 45.4 Å². The smallest absolute Gasteiger partial charge is 0.146 e. The summed E-state index contributed by atoms with van der Waals surface area (Å²) in [6, 6.07) is 38.3. The number of imidazole rings is 1. The number of aromatic nitrogens is 2. The second kappa shape index (κ2) is 8.81. The summed E-state index contributed by atoms with van der Waals surface area (Å²) in [5, 5.41) is 14.0. The van der Waals surface area contributed by atoms with E-state index < -0.39 is 0 Å². The highest BCUT2D eigenvalue weighted by Crippen LogP contribution is 2.55. The number of benzene rings is 5. The SMILES string of the molecule is Cc1ccc2c3c1c1ccc(O)cc1c1nc(-c4c(-c5ccccc5)cccc4-c4ccccc4)c(n13)C(C)(C)C2(C)C. The molecule has 0 atom stereocenters. The first-order valence-electron chi connectivity index (χ1n) is 15.1. The molecule has 1 aliphatic rings. The largest absolute Gasteiger partial charge is 0.508 e. The van der Waals surface area contributed by atoms with E-state index in [1.165, 1.54) is 27.7 Å². The molecule has 5 aromatic carbocycles. The number of nitrogens with zero attached hydrogens (tertiary/aromatic N) is 2. The fourth-order valence-corrected chi connectivity index (χ4v) is 7.43. The van der Waals surface area contributed by atoms with Crippen LogP contribution < -0.4 is 0 Å². The van der Waals surface area contributed by atoms with Gasteiger partial charge in [-0.2, -0.15) is 0 Å². The van der Waals surface area contributed by atoms with Crippen LogP contribution >= 0.6 is 0 Å². The van der Waals surface area contributed by atoms with Crippen molar-refractivity contribution in [3.8, 4) is 39.3 Å². The van der Waals surface area contributed by atoms with E-state index in [1.54, 1.807) is 6.07 Å². The summed E-state index contributed by atoms with van der Waals surface area (Å²) in [4.78, 5) is 5.62. The number of aryl methyl sites for hydroxylation is 1. The van der Waals surface area contributed by atoms with Gasteiger partial charge in [-0.15, -0.1) is 0 Å². The van der Waals surface area contributed by atoms with E-state index in [0.717, 1.165) is 49.9 Å². The van der Waals surface area contributed by atoms with E-state index in [9.17, 15) is 5.11 Å². The molecule has 7 aromatic rings. The predicted octanol–water partition coefficient (Wildman–Crippen LogP) is 10.2. The maximum Gasteiger partial charge on any atom is 0.146 e. The molecule has 43 heavy (non-hydrogen) atoms. The lowest BCUT2D eigenvalue weighted by molar-refractivity contribution is 0.289. The van der Waals surface area contributed by atoms with Crippen LogP contribution in [-0.2, 0) is 10.8 Å². The molecule has 0 fully saturated rings. The van der Waals surface area contributed by atoms with Crippen LogP contribution in [0.5, 0.6) is 5.75 Å². The molecule has 3 nitrogen and oxygen atoms in total. The fraction of sp³-hybridized carbons (Fsp3) is 0.175. The summed E-state index contributed by atoms with van der Waals surface area (Å²) >= 11 is 0. The Morgan fingerprint density at radius 3 is 1.91 bits per heavy atom. The molecule has 0 amide bonds. The van der Waals surface area contributed by atoms with Crippen molar-refractivity contribution in [1.29, 1.82) is 0 Å². The third-order valence-electron chi connectivity index (χ3n) is 10.3. The van der Waals surface area contributed by atoms with Gasteiger partial charge in [0.25, 0.3) is 0 Å². The van der Waals surface area contributed by atoms with Crippen molar-refractivity contribution in [3.63, 3.8) is 0 Å². The summed E-state index contributed by atoms with van der Waals surface area (Å²) in [5.41, 5.74) is 12.2. The number of rotatable bonds is 3. The van der Waals surface area contributed by atoms with Gasteiger partial charge in [-0.05, 0) is 63.9 Å². The number of aromatic hydroxyl groups is 1. The molecule has 0 saturated heterocycles. The Balaban J connectivity index is 1.65.